The number of amides is 1. The van der Waals surface area contributed by atoms with Gasteiger partial charge in [0.25, 0.3) is 5.91 Å². The second-order valence-electron chi connectivity index (χ2n) is 7.21. The molecule has 0 unspecified atom stereocenters. The third kappa shape index (κ3) is 6.34. The number of aryl methyl sites for hydroxylation is 1. The third-order valence-electron chi connectivity index (χ3n) is 4.76. The lowest BCUT2D eigenvalue weighted by molar-refractivity contribution is -0.121. The number of carbonyl (C=O) groups excluding carboxylic acids is 1. The SMILES string of the molecule is Cc1ccc(S(=O)(=O)N(CC(=O)N/N=C\c2c(Cl)cccc2Cl)Cc2c(F)cccc2Cl)cc1. The van der Waals surface area contributed by atoms with E-state index in [-0.39, 0.29) is 15.5 Å². The highest BCUT2D eigenvalue weighted by Gasteiger charge is 2.28. The Labute approximate surface area is 212 Å². The maximum atomic E-state index is 14.4. The fourth-order valence-electron chi connectivity index (χ4n) is 2.94. The highest BCUT2D eigenvalue weighted by atomic mass is 35.5. The topological polar surface area (TPSA) is 78.8 Å². The van der Waals surface area contributed by atoms with Gasteiger partial charge in [0, 0.05) is 22.7 Å². The fraction of sp³-hybridized carbons (Fsp3) is 0.130. The molecule has 0 aliphatic rings. The van der Waals surface area contributed by atoms with E-state index >= 15 is 0 Å². The van der Waals surface area contributed by atoms with Gasteiger partial charge in [0.15, 0.2) is 0 Å². The van der Waals surface area contributed by atoms with E-state index in [1.807, 2.05) is 6.92 Å². The van der Waals surface area contributed by atoms with Crippen molar-refractivity contribution in [2.24, 2.45) is 5.10 Å². The summed E-state index contributed by atoms with van der Waals surface area (Å²) in [6.07, 6.45) is 1.25. The van der Waals surface area contributed by atoms with E-state index in [4.69, 9.17) is 34.8 Å². The molecule has 6 nitrogen and oxygen atoms in total. The third-order valence-corrected chi connectivity index (χ3v) is 7.58. The highest BCUT2D eigenvalue weighted by molar-refractivity contribution is 7.89. The lowest BCUT2D eigenvalue weighted by atomic mass is 10.2. The van der Waals surface area contributed by atoms with Crippen molar-refractivity contribution in [3.63, 3.8) is 0 Å². The average Bonchev–Trinajstić information content (AvgIpc) is 2.78. The minimum absolute atomic E-state index is 0.0379. The number of halogens is 4. The Morgan fingerprint density at radius 3 is 2.21 bits per heavy atom. The largest absolute Gasteiger partial charge is 0.272 e. The van der Waals surface area contributed by atoms with Crippen molar-refractivity contribution in [3.05, 3.63) is 98.2 Å². The Kier molecular flexibility index (Phi) is 8.67. The van der Waals surface area contributed by atoms with Crippen LogP contribution in [0.1, 0.15) is 16.7 Å². The Bertz CT molecular complexity index is 1290. The van der Waals surface area contributed by atoms with E-state index in [1.54, 1.807) is 30.3 Å². The summed E-state index contributed by atoms with van der Waals surface area (Å²) in [5.74, 6) is -1.45. The van der Waals surface area contributed by atoms with E-state index in [2.05, 4.69) is 10.5 Å². The normalized spacial score (nSPS) is 11.8. The summed E-state index contributed by atoms with van der Waals surface area (Å²) in [5.41, 5.74) is 3.43. The number of hydrogen-bond acceptors (Lipinski definition) is 4. The van der Waals surface area contributed by atoms with Crippen LogP contribution in [0.4, 0.5) is 4.39 Å². The van der Waals surface area contributed by atoms with E-state index in [0.29, 0.717) is 15.6 Å². The van der Waals surface area contributed by atoms with Crippen LogP contribution in [-0.4, -0.2) is 31.4 Å². The predicted molar refractivity (Wildman–Crippen MR) is 132 cm³/mol. The summed E-state index contributed by atoms with van der Waals surface area (Å²) >= 11 is 18.2. The smallest absolute Gasteiger partial charge is 0.255 e. The van der Waals surface area contributed by atoms with Crippen LogP contribution in [0.2, 0.25) is 15.1 Å². The first-order valence-corrected chi connectivity index (χ1v) is 12.4. The molecule has 0 spiro atoms. The summed E-state index contributed by atoms with van der Waals surface area (Å²) in [5, 5.41) is 4.49. The van der Waals surface area contributed by atoms with E-state index < -0.39 is 34.8 Å². The van der Waals surface area contributed by atoms with Gasteiger partial charge < -0.3 is 0 Å². The second-order valence-corrected chi connectivity index (χ2v) is 10.4. The summed E-state index contributed by atoms with van der Waals surface area (Å²) < 4.78 is 41.8. The molecule has 0 atom stereocenters. The number of carbonyl (C=O) groups is 1. The van der Waals surface area contributed by atoms with Gasteiger partial charge in [-0.2, -0.15) is 9.41 Å². The molecule has 1 N–H and O–H groups in total. The first-order chi connectivity index (χ1) is 16.1. The van der Waals surface area contributed by atoms with Crippen LogP contribution >= 0.6 is 34.8 Å². The van der Waals surface area contributed by atoms with Crippen molar-refractivity contribution in [2.45, 2.75) is 18.4 Å². The van der Waals surface area contributed by atoms with Gasteiger partial charge in [-0.15, -0.1) is 0 Å². The van der Waals surface area contributed by atoms with Crippen LogP contribution in [0.15, 0.2) is 70.7 Å². The Morgan fingerprint density at radius 2 is 1.59 bits per heavy atom. The zero-order valence-corrected chi connectivity index (χ0v) is 20.9. The van der Waals surface area contributed by atoms with Gasteiger partial charge in [-0.3, -0.25) is 4.79 Å². The van der Waals surface area contributed by atoms with Gasteiger partial charge in [0.1, 0.15) is 5.82 Å². The summed E-state index contributed by atoms with van der Waals surface area (Å²) in [6, 6.07) is 14.9. The molecule has 0 radical (unpaired) electrons. The number of sulfonamides is 1. The fourth-order valence-corrected chi connectivity index (χ4v) is 5.03. The Balaban J connectivity index is 1.86. The lowest BCUT2D eigenvalue weighted by Gasteiger charge is -2.22. The van der Waals surface area contributed by atoms with Crippen LogP contribution in [0, 0.1) is 12.7 Å². The molecule has 3 rings (SSSR count). The molecule has 0 heterocycles. The number of hydrogen-bond donors (Lipinski definition) is 1. The highest BCUT2D eigenvalue weighted by Crippen LogP contribution is 2.25. The molecule has 178 valence electrons. The standard InChI is InChI=1S/C23H19Cl3FN3O3S/c1-15-8-10-16(11-9-15)34(32,33)30(13-18-21(26)6-3-7-22(18)27)14-23(31)29-28-12-17-19(24)4-2-5-20(17)25/h2-12H,13-14H2,1H3,(H,29,31)/b28-12-. The number of nitrogens with zero attached hydrogens (tertiary/aromatic N) is 2. The molecule has 0 aliphatic heterocycles. The number of hydrazone groups is 1. The van der Waals surface area contributed by atoms with Gasteiger partial charge >= 0.3 is 0 Å². The molecule has 3 aromatic carbocycles. The van der Waals surface area contributed by atoms with E-state index in [1.165, 1.54) is 30.5 Å². The molecular weight excluding hydrogens is 524 g/mol. The van der Waals surface area contributed by atoms with E-state index in [0.717, 1.165) is 15.9 Å². The Morgan fingerprint density at radius 1 is 1.00 bits per heavy atom. The van der Waals surface area contributed by atoms with Crippen molar-refractivity contribution in [1.82, 2.24) is 9.73 Å². The minimum Gasteiger partial charge on any atom is -0.272 e. The van der Waals surface area contributed by atoms with Crippen LogP contribution in [0.5, 0.6) is 0 Å². The second kappa shape index (κ2) is 11.3. The molecule has 0 fully saturated rings. The van der Waals surface area contributed by atoms with E-state index in [9.17, 15) is 17.6 Å². The molecule has 0 saturated heterocycles. The molecule has 0 saturated carbocycles. The van der Waals surface area contributed by atoms with Crippen molar-refractivity contribution >= 4 is 56.9 Å². The number of rotatable bonds is 8. The molecule has 0 aromatic heterocycles. The maximum absolute atomic E-state index is 14.4. The van der Waals surface area contributed by atoms with Crippen LogP contribution in [0.25, 0.3) is 0 Å². The van der Waals surface area contributed by atoms with Gasteiger partial charge in [-0.25, -0.2) is 18.2 Å². The van der Waals surface area contributed by atoms with Crippen molar-refractivity contribution in [2.75, 3.05) is 6.54 Å². The molecule has 11 heteroatoms. The average molecular weight is 543 g/mol. The summed E-state index contributed by atoms with van der Waals surface area (Å²) in [7, 11) is -4.18. The van der Waals surface area contributed by atoms with Crippen LogP contribution < -0.4 is 5.43 Å². The Hall–Kier alpha value is -2.49. The van der Waals surface area contributed by atoms with Crippen molar-refractivity contribution in [3.8, 4) is 0 Å². The van der Waals surface area contributed by atoms with Crippen molar-refractivity contribution < 1.29 is 17.6 Å². The molecule has 34 heavy (non-hydrogen) atoms. The molecule has 0 bridgehead atoms. The summed E-state index contributed by atoms with van der Waals surface area (Å²) in [6.45, 7) is 0.702. The number of benzene rings is 3. The van der Waals surface area contributed by atoms with Gasteiger partial charge in [0.2, 0.25) is 10.0 Å². The monoisotopic (exact) mass is 541 g/mol. The lowest BCUT2D eigenvalue weighted by Crippen LogP contribution is -2.39. The van der Waals surface area contributed by atoms with Crippen LogP contribution in [-0.2, 0) is 21.4 Å². The molecular formula is C23H19Cl3FN3O3S. The first kappa shape index (κ1) is 26.1. The first-order valence-electron chi connectivity index (χ1n) is 9.85. The van der Waals surface area contributed by atoms with Gasteiger partial charge in [0.05, 0.1) is 27.7 Å². The number of nitrogens with one attached hydrogen (secondary N) is 1. The predicted octanol–water partition coefficient (Wildman–Crippen LogP) is 5.44. The summed E-state index contributed by atoms with van der Waals surface area (Å²) in [4.78, 5) is 12.5. The minimum atomic E-state index is -4.18. The van der Waals surface area contributed by atoms with Gasteiger partial charge in [-0.05, 0) is 43.3 Å². The quantitative estimate of drug-likeness (QED) is 0.304. The molecule has 0 aliphatic carbocycles. The maximum Gasteiger partial charge on any atom is 0.255 e. The zero-order chi connectivity index (χ0) is 24.9. The van der Waals surface area contributed by atoms with Crippen molar-refractivity contribution in [1.29, 1.82) is 0 Å². The van der Waals surface area contributed by atoms with Crippen LogP contribution in [0.3, 0.4) is 0 Å². The van der Waals surface area contributed by atoms with Gasteiger partial charge in [-0.1, -0.05) is 64.6 Å². The zero-order valence-electron chi connectivity index (χ0n) is 17.8. The molecule has 1 amide bonds. The molecule has 3 aromatic rings.